The summed E-state index contributed by atoms with van der Waals surface area (Å²) in [6.45, 7) is 4.18. The number of H-pyrrole nitrogens is 1. The van der Waals surface area contributed by atoms with E-state index in [2.05, 4.69) is 37.8 Å². The topological polar surface area (TPSA) is 57.7 Å². The monoisotopic (exact) mass is 299 g/mol. The molecule has 0 spiro atoms. The van der Waals surface area contributed by atoms with Crippen LogP contribution >= 0.6 is 11.3 Å². The molecule has 6 heteroatoms. The third-order valence-electron chi connectivity index (χ3n) is 4.12. The molecular formula is C15H17N5S. The Morgan fingerprint density at radius 3 is 2.86 bits per heavy atom. The van der Waals surface area contributed by atoms with E-state index >= 15 is 0 Å². The molecule has 1 aliphatic heterocycles. The Balaban J connectivity index is 1.53. The molecular weight excluding hydrogens is 282 g/mol. The van der Waals surface area contributed by atoms with Gasteiger partial charge in [0.05, 0.1) is 10.4 Å². The molecule has 4 rings (SSSR count). The number of aromatic nitrogens is 4. The molecule has 1 N–H and O–H groups in total. The minimum Gasteiger partial charge on any atom is -0.356 e. The lowest BCUT2D eigenvalue weighted by Gasteiger charge is -2.32. The Morgan fingerprint density at radius 1 is 1.24 bits per heavy atom. The molecule has 0 radical (unpaired) electrons. The number of aromatic amines is 1. The minimum atomic E-state index is 0.600. The summed E-state index contributed by atoms with van der Waals surface area (Å²) in [5.74, 6) is 1.65. The molecule has 0 amide bonds. The van der Waals surface area contributed by atoms with Crippen molar-refractivity contribution in [3.05, 3.63) is 34.7 Å². The van der Waals surface area contributed by atoms with Crippen LogP contribution in [0.25, 0.3) is 11.0 Å². The van der Waals surface area contributed by atoms with E-state index in [-0.39, 0.29) is 0 Å². The Hall–Kier alpha value is -1.95. The molecule has 4 heterocycles. The van der Waals surface area contributed by atoms with E-state index < -0.39 is 0 Å². The highest BCUT2D eigenvalue weighted by atomic mass is 32.1. The van der Waals surface area contributed by atoms with Gasteiger partial charge in [-0.05, 0) is 25.8 Å². The highest BCUT2D eigenvalue weighted by Gasteiger charge is 2.24. The van der Waals surface area contributed by atoms with Gasteiger partial charge in [-0.2, -0.15) is 0 Å². The van der Waals surface area contributed by atoms with E-state index in [1.807, 2.05) is 23.7 Å². The van der Waals surface area contributed by atoms with Gasteiger partial charge in [0.2, 0.25) is 0 Å². The van der Waals surface area contributed by atoms with Crippen molar-refractivity contribution < 1.29 is 0 Å². The average molecular weight is 299 g/mol. The van der Waals surface area contributed by atoms with Crippen molar-refractivity contribution in [1.29, 1.82) is 0 Å². The lowest BCUT2D eigenvalue weighted by molar-refractivity contribution is 0.502. The second kappa shape index (κ2) is 5.11. The third kappa shape index (κ3) is 2.29. The number of aryl methyl sites for hydroxylation is 1. The van der Waals surface area contributed by atoms with E-state index in [1.165, 1.54) is 9.88 Å². The van der Waals surface area contributed by atoms with Crippen molar-refractivity contribution in [2.45, 2.75) is 25.7 Å². The van der Waals surface area contributed by atoms with Gasteiger partial charge in [-0.15, -0.1) is 11.3 Å². The predicted octanol–water partition coefficient (Wildman–Crippen LogP) is 3.11. The van der Waals surface area contributed by atoms with Gasteiger partial charge < -0.3 is 9.88 Å². The zero-order valence-electron chi connectivity index (χ0n) is 11.9. The summed E-state index contributed by atoms with van der Waals surface area (Å²) in [7, 11) is 0. The van der Waals surface area contributed by atoms with Crippen LogP contribution in [0.5, 0.6) is 0 Å². The van der Waals surface area contributed by atoms with Gasteiger partial charge in [0, 0.05) is 36.3 Å². The van der Waals surface area contributed by atoms with E-state index in [1.54, 1.807) is 6.33 Å². The normalized spacial score (nSPS) is 16.7. The molecule has 21 heavy (non-hydrogen) atoms. The molecule has 1 aliphatic rings. The third-order valence-corrected chi connectivity index (χ3v) is 5.19. The summed E-state index contributed by atoms with van der Waals surface area (Å²) in [5, 5.41) is 2.41. The first kappa shape index (κ1) is 12.8. The quantitative estimate of drug-likeness (QED) is 0.790. The summed E-state index contributed by atoms with van der Waals surface area (Å²) >= 11 is 1.83. The van der Waals surface area contributed by atoms with Gasteiger partial charge in [-0.25, -0.2) is 15.0 Å². The van der Waals surface area contributed by atoms with Crippen LogP contribution in [-0.4, -0.2) is 33.0 Å². The smallest absolute Gasteiger partial charge is 0.142 e. The van der Waals surface area contributed by atoms with Gasteiger partial charge in [0.1, 0.15) is 17.8 Å². The molecule has 1 saturated heterocycles. The van der Waals surface area contributed by atoms with Gasteiger partial charge in [0.15, 0.2) is 0 Å². The highest BCUT2D eigenvalue weighted by Crippen LogP contribution is 2.33. The Morgan fingerprint density at radius 2 is 2.10 bits per heavy atom. The van der Waals surface area contributed by atoms with Crippen molar-refractivity contribution in [3.8, 4) is 0 Å². The van der Waals surface area contributed by atoms with E-state index in [9.17, 15) is 0 Å². The van der Waals surface area contributed by atoms with Crippen molar-refractivity contribution in [2.75, 3.05) is 18.0 Å². The fourth-order valence-corrected chi connectivity index (χ4v) is 3.95. The number of nitrogens with zero attached hydrogens (tertiary/aromatic N) is 4. The molecule has 108 valence electrons. The van der Waals surface area contributed by atoms with Crippen molar-refractivity contribution in [3.63, 3.8) is 0 Å². The predicted molar refractivity (Wildman–Crippen MR) is 84.9 cm³/mol. The molecule has 3 aromatic rings. The number of thiazole rings is 1. The maximum atomic E-state index is 4.55. The number of hydrogen-bond acceptors (Lipinski definition) is 5. The van der Waals surface area contributed by atoms with Crippen LogP contribution in [0.4, 0.5) is 5.82 Å². The summed E-state index contributed by atoms with van der Waals surface area (Å²) < 4.78 is 0. The van der Waals surface area contributed by atoms with Crippen LogP contribution in [0, 0.1) is 6.92 Å². The van der Waals surface area contributed by atoms with Crippen molar-refractivity contribution >= 4 is 28.2 Å². The Kier molecular flexibility index (Phi) is 3.11. The van der Waals surface area contributed by atoms with Crippen LogP contribution in [0.2, 0.25) is 0 Å². The summed E-state index contributed by atoms with van der Waals surface area (Å²) in [5.41, 5.74) is 0.915. The number of piperidine rings is 1. The molecule has 0 aromatic carbocycles. The van der Waals surface area contributed by atoms with Crippen LogP contribution in [0.1, 0.15) is 28.6 Å². The second-order valence-corrected chi connectivity index (χ2v) is 6.77. The van der Waals surface area contributed by atoms with Crippen LogP contribution in [-0.2, 0) is 0 Å². The molecule has 0 aliphatic carbocycles. The summed E-state index contributed by atoms with van der Waals surface area (Å²) in [6, 6.07) is 2.06. The SMILES string of the molecule is Cc1cnc(C2CCN(c3ncnc4[nH]ccc34)CC2)s1. The summed E-state index contributed by atoms with van der Waals surface area (Å²) in [6.07, 6.45) is 7.84. The van der Waals surface area contributed by atoms with Crippen molar-refractivity contribution in [1.82, 2.24) is 19.9 Å². The lowest BCUT2D eigenvalue weighted by Crippen LogP contribution is -2.33. The van der Waals surface area contributed by atoms with Gasteiger partial charge in [-0.1, -0.05) is 0 Å². The van der Waals surface area contributed by atoms with Gasteiger partial charge in [0.25, 0.3) is 0 Å². The average Bonchev–Trinajstić information content (AvgIpc) is 3.15. The number of hydrogen-bond donors (Lipinski definition) is 1. The molecule has 5 nitrogen and oxygen atoms in total. The van der Waals surface area contributed by atoms with Crippen LogP contribution < -0.4 is 4.90 Å². The fourth-order valence-electron chi connectivity index (χ4n) is 3.01. The first-order valence-electron chi connectivity index (χ1n) is 7.26. The zero-order chi connectivity index (χ0) is 14.2. The van der Waals surface area contributed by atoms with E-state index in [4.69, 9.17) is 0 Å². The molecule has 1 fully saturated rings. The van der Waals surface area contributed by atoms with Gasteiger partial charge >= 0.3 is 0 Å². The molecule has 0 atom stereocenters. The van der Waals surface area contributed by atoms with E-state index in [0.29, 0.717) is 5.92 Å². The van der Waals surface area contributed by atoms with Gasteiger partial charge in [-0.3, -0.25) is 0 Å². The molecule has 3 aromatic heterocycles. The standard InChI is InChI=1S/C15H17N5S/c1-10-8-17-15(21-10)11-3-6-20(7-4-11)14-12-2-5-16-13(12)18-9-19-14/h2,5,8-9,11H,3-4,6-7H2,1H3,(H,16,18,19). The number of fused-ring (bicyclic) bond motifs is 1. The molecule has 0 bridgehead atoms. The Labute approximate surface area is 127 Å². The lowest BCUT2D eigenvalue weighted by atomic mass is 9.97. The first-order valence-corrected chi connectivity index (χ1v) is 8.08. The van der Waals surface area contributed by atoms with Crippen LogP contribution in [0.3, 0.4) is 0 Å². The molecule has 0 unspecified atom stereocenters. The fraction of sp³-hybridized carbons (Fsp3) is 0.400. The number of anilines is 1. The summed E-state index contributed by atoms with van der Waals surface area (Å²) in [4.78, 5) is 20.1. The first-order chi connectivity index (χ1) is 10.3. The van der Waals surface area contributed by atoms with E-state index in [0.717, 1.165) is 42.8 Å². The van der Waals surface area contributed by atoms with Crippen molar-refractivity contribution in [2.24, 2.45) is 0 Å². The van der Waals surface area contributed by atoms with Crippen LogP contribution in [0.15, 0.2) is 24.8 Å². The zero-order valence-corrected chi connectivity index (χ0v) is 12.7. The Bertz CT molecular complexity index is 754. The maximum Gasteiger partial charge on any atom is 0.142 e. The molecule has 0 saturated carbocycles. The number of nitrogens with one attached hydrogen (secondary N) is 1. The minimum absolute atomic E-state index is 0.600. The highest BCUT2D eigenvalue weighted by molar-refractivity contribution is 7.11. The second-order valence-electron chi connectivity index (χ2n) is 5.51. The number of rotatable bonds is 2. The maximum absolute atomic E-state index is 4.55. The largest absolute Gasteiger partial charge is 0.356 e.